The van der Waals surface area contributed by atoms with Crippen molar-refractivity contribution in [3.63, 3.8) is 0 Å². The maximum atomic E-state index is 12.5. The fraction of sp³-hybridized carbons (Fsp3) is 0.824. The Labute approximate surface area is 123 Å². The van der Waals surface area contributed by atoms with E-state index >= 15 is 0 Å². The SMILES string of the molecule is CCC=CCC(C(=O)ON1CCCCC1)C1CCCC1. The molecule has 2 fully saturated rings. The van der Waals surface area contributed by atoms with Crippen LogP contribution in [0, 0.1) is 11.8 Å². The van der Waals surface area contributed by atoms with Crippen molar-refractivity contribution >= 4 is 5.97 Å². The van der Waals surface area contributed by atoms with Crippen molar-refractivity contribution in [2.24, 2.45) is 11.8 Å². The van der Waals surface area contributed by atoms with E-state index in [1.165, 1.54) is 32.1 Å². The molecule has 114 valence electrons. The van der Waals surface area contributed by atoms with E-state index in [0.717, 1.165) is 38.8 Å². The molecule has 0 aromatic heterocycles. The highest BCUT2D eigenvalue weighted by molar-refractivity contribution is 5.72. The van der Waals surface area contributed by atoms with Crippen molar-refractivity contribution in [3.05, 3.63) is 12.2 Å². The number of nitrogens with zero attached hydrogens (tertiary/aromatic N) is 1. The van der Waals surface area contributed by atoms with Crippen molar-refractivity contribution in [3.8, 4) is 0 Å². The number of hydrogen-bond acceptors (Lipinski definition) is 3. The predicted molar refractivity (Wildman–Crippen MR) is 81.0 cm³/mol. The minimum absolute atomic E-state index is 0.0135. The van der Waals surface area contributed by atoms with Gasteiger partial charge < -0.3 is 4.84 Å². The van der Waals surface area contributed by atoms with Gasteiger partial charge in [0.25, 0.3) is 0 Å². The van der Waals surface area contributed by atoms with Gasteiger partial charge in [-0.2, -0.15) is 0 Å². The Morgan fingerprint density at radius 3 is 2.50 bits per heavy atom. The summed E-state index contributed by atoms with van der Waals surface area (Å²) in [6, 6.07) is 0. The molecule has 2 rings (SSSR count). The van der Waals surface area contributed by atoms with Gasteiger partial charge in [-0.25, -0.2) is 0 Å². The first-order valence-electron chi connectivity index (χ1n) is 8.43. The highest BCUT2D eigenvalue weighted by Crippen LogP contribution is 2.34. The van der Waals surface area contributed by atoms with E-state index < -0.39 is 0 Å². The Morgan fingerprint density at radius 1 is 1.15 bits per heavy atom. The molecule has 3 heteroatoms. The fourth-order valence-electron chi connectivity index (χ4n) is 3.40. The summed E-state index contributed by atoms with van der Waals surface area (Å²) in [7, 11) is 0. The Balaban J connectivity index is 1.89. The zero-order valence-corrected chi connectivity index (χ0v) is 12.9. The van der Waals surface area contributed by atoms with Gasteiger partial charge in [-0.05, 0) is 44.4 Å². The smallest absolute Gasteiger partial charge is 0.328 e. The second-order valence-corrected chi connectivity index (χ2v) is 6.17. The molecule has 1 saturated carbocycles. The molecule has 1 aliphatic heterocycles. The van der Waals surface area contributed by atoms with E-state index in [0.29, 0.717) is 5.92 Å². The first-order chi connectivity index (χ1) is 9.81. The molecule has 20 heavy (non-hydrogen) atoms. The Morgan fingerprint density at radius 2 is 1.85 bits per heavy atom. The maximum Gasteiger partial charge on any atom is 0.328 e. The van der Waals surface area contributed by atoms with Crippen LogP contribution in [-0.4, -0.2) is 24.1 Å². The summed E-state index contributed by atoms with van der Waals surface area (Å²) in [5, 5.41) is 1.89. The predicted octanol–water partition coefficient (Wildman–Crippen LogP) is 4.09. The van der Waals surface area contributed by atoms with Gasteiger partial charge in [-0.15, -0.1) is 5.06 Å². The lowest BCUT2D eigenvalue weighted by atomic mass is 9.88. The van der Waals surface area contributed by atoms with Crippen LogP contribution in [0.5, 0.6) is 0 Å². The lowest BCUT2D eigenvalue weighted by molar-refractivity contribution is -0.201. The molecule has 1 aliphatic carbocycles. The standard InChI is InChI=1S/C17H29NO2/c1-2-3-5-12-16(15-10-6-7-11-15)17(19)20-18-13-8-4-9-14-18/h3,5,15-16H,2,4,6-14H2,1H3. The molecule has 1 saturated heterocycles. The van der Waals surface area contributed by atoms with Crippen molar-refractivity contribution in [1.82, 2.24) is 5.06 Å². The molecule has 1 unspecified atom stereocenters. The molecule has 0 aromatic rings. The van der Waals surface area contributed by atoms with Crippen LogP contribution in [0.25, 0.3) is 0 Å². The molecule has 1 heterocycles. The van der Waals surface area contributed by atoms with Gasteiger partial charge in [0.2, 0.25) is 0 Å². The average Bonchev–Trinajstić information content (AvgIpc) is 2.98. The second kappa shape index (κ2) is 8.46. The summed E-state index contributed by atoms with van der Waals surface area (Å²) < 4.78 is 0. The minimum atomic E-state index is 0.0135. The zero-order chi connectivity index (χ0) is 14.2. The van der Waals surface area contributed by atoms with Gasteiger partial charge in [0.05, 0.1) is 5.92 Å². The lowest BCUT2D eigenvalue weighted by Crippen LogP contribution is -2.36. The van der Waals surface area contributed by atoms with Crippen molar-refractivity contribution < 1.29 is 9.63 Å². The molecule has 3 nitrogen and oxygen atoms in total. The van der Waals surface area contributed by atoms with Gasteiger partial charge in [0.15, 0.2) is 0 Å². The number of carbonyl (C=O) groups excluding carboxylic acids is 1. The molecule has 0 radical (unpaired) electrons. The Kier molecular flexibility index (Phi) is 6.58. The Hall–Kier alpha value is -0.830. The minimum Gasteiger partial charge on any atom is -0.368 e. The lowest BCUT2D eigenvalue weighted by Gasteiger charge is -2.28. The number of allylic oxidation sites excluding steroid dienone is 2. The van der Waals surface area contributed by atoms with Crippen LogP contribution >= 0.6 is 0 Å². The largest absolute Gasteiger partial charge is 0.368 e. The molecular weight excluding hydrogens is 250 g/mol. The van der Waals surface area contributed by atoms with E-state index in [2.05, 4.69) is 19.1 Å². The van der Waals surface area contributed by atoms with Gasteiger partial charge in [0.1, 0.15) is 0 Å². The van der Waals surface area contributed by atoms with E-state index in [4.69, 9.17) is 4.84 Å². The molecule has 0 aromatic carbocycles. The third-order valence-electron chi connectivity index (χ3n) is 4.60. The van der Waals surface area contributed by atoms with Gasteiger partial charge in [-0.3, -0.25) is 4.79 Å². The third kappa shape index (κ3) is 4.62. The van der Waals surface area contributed by atoms with E-state index in [-0.39, 0.29) is 11.9 Å². The molecule has 0 bridgehead atoms. The number of carbonyl (C=O) groups is 1. The molecule has 0 amide bonds. The summed E-state index contributed by atoms with van der Waals surface area (Å²) in [6.07, 6.45) is 14.7. The summed E-state index contributed by atoms with van der Waals surface area (Å²) in [6.45, 7) is 3.95. The topological polar surface area (TPSA) is 29.5 Å². The van der Waals surface area contributed by atoms with Crippen molar-refractivity contribution in [1.29, 1.82) is 0 Å². The number of piperidine rings is 1. The van der Waals surface area contributed by atoms with E-state index in [1.54, 1.807) is 0 Å². The monoisotopic (exact) mass is 279 g/mol. The molecule has 1 atom stereocenters. The van der Waals surface area contributed by atoms with Crippen LogP contribution in [0.2, 0.25) is 0 Å². The van der Waals surface area contributed by atoms with E-state index in [9.17, 15) is 4.79 Å². The van der Waals surface area contributed by atoms with Gasteiger partial charge in [-0.1, -0.05) is 38.3 Å². The quantitative estimate of drug-likeness (QED) is 0.686. The zero-order valence-electron chi connectivity index (χ0n) is 12.9. The van der Waals surface area contributed by atoms with Crippen molar-refractivity contribution in [2.45, 2.75) is 64.7 Å². The van der Waals surface area contributed by atoms with Crippen LogP contribution in [0.1, 0.15) is 64.7 Å². The number of rotatable bonds is 6. The average molecular weight is 279 g/mol. The second-order valence-electron chi connectivity index (χ2n) is 6.17. The summed E-state index contributed by atoms with van der Waals surface area (Å²) >= 11 is 0. The van der Waals surface area contributed by atoms with Gasteiger partial charge in [0, 0.05) is 13.1 Å². The highest BCUT2D eigenvalue weighted by atomic mass is 16.7. The van der Waals surface area contributed by atoms with Crippen LogP contribution in [-0.2, 0) is 9.63 Å². The third-order valence-corrected chi connectivity index (χ3v) is 4.60. The fourth-order valence-corrected chi connectivity index (χ4v) is 3.40. The van der Waals surface area contributed by atoms with Crippen LogP contribution in [0.3, 0.4) is 0 Å². The maximum absolute atomic E-state index is 12.5. The Bertz CT molecular complexity index is 315. The van der Waals surface area contributed by atoms with E-state index in [1.807, 2.05) is 5.06 Å². The molecule has 0 N–H and O–H groups in total. The van der Waals surface area contributed by atoms with Gasteiger partial charge >= 0.3 is 5.97 Å². The number of hydroxylamine groups is 2. The summed E-state index contributed by atoms with van der Waals surface area (Å²) in [5.74, 6) is 0.621. The van der Waals surface area contributed by atoms with Crippen LogP contribution in [0.15, 0.2) is 12.2 Å². The first-order valence-corrected chi connectivity index (χ1v) is 8.43. The van der Waals surface area contributed by atoms with Crippen molar-refractivity contribution in [2.75, 3.05) is 13.1 Å². The first kappa shape index (κ1) is 15.6. The van der Waals surface area contributed by atoms with Crippen LogP contribution < -0.4 is 0 Å². The summed E-state index contributed by atoms with van der Waals surface area (Å²) in [4.78, 5) is 18.2. The molecular formula is C17H29NO2. The molecule has 2 aliphatic rings. The highest BCUT2D eigenvalue weighted by Gasteiger charge is 2.32. The normalized spacial score (nSPS) is 23.2. The molecule has 0 spiro atoms. The summed E-state index contributed by atoms with van der Waals surface area (Å²) in [5.41, 5.74) is 0. The van der Waals surface area contributed by atoms with Crippen LogP contribution in [0.4, 0.5) is 0 Å². The number of hydrogen-bond donors (Lipinski definition) is 0.